The van der Waals surface area contributed by atoms with Crippen molar-refractivity contribution in [3.8, 4) is 0 Å². The lowest BCUT2D eigenvalue weighted by Gasteiger charge is -2.24. The fourth-order valence-corrected chi connectivity index (χ4v) is 3.78. The molecular formula is C18H37IN4O. The van der Waals surface area contributed by atoms with Gasteiger partial charge >= 0.3 is 0 Å². The Kier molecular flexibility index (Phi) is 12.0. The van der Waals surface area contributed by atoms with Crippen LogP contribution in [0.25, 0.3) is 0 Å². The highest BCUT2D eigenvalue weighted by Gasteiger charge is 2.22. The van der Waals surface area contributed by atoms with E-state index in [0.717, 1.165) is 32.2 Å². The summed E-state index contributed by atoms with van der Waals surface area (Å²) < 4.78 is 6.02. The molecule has 1 saturated carbocycles. The molecule has 2 fully saturated rings. The van der Waals surface area contributed by atoms with Crippen molar-refractivity contribution >= 4 is 29.9 Å². The molecule has 0 amide bonds. The first-order valence-corrected chi connectivity index (χ1v) is 9.63. The van der Waals surface area contributed by atoms with E-state index < -0.39 is 0 Å². The van der Waals surface area contributed by atoms with Crippen molar-refractivity contribution in [3.05, 3.63) is 0 Å². The van der Waals surface area contributed by atoms with Crippen molar-refractivity contribution in [2.24, 2.45) is 4.99 Å². The number of aliphatic imine (C=N–C) groups is 1. The molecule has 0 aromatic carbocycles. The predicted molar refractivity (Wildman–Crippen MR) is 112 cm³/mol. The maximum absolute atomic E-state index is 6.02. The SMILES string of the molecule is CCN1CCCC1CNC(=NC)NCCOC1CCCCCC1.I. The van der Waals surface area contributed by atoms with Crippen LogP contribution in [0.15, 0.2) is 4.99 Å². The van der Waals surface area contributed by atoms with Gasteiger partial charge < -0.3 is 15.4 Å². The van der Waals surface area contributed by atoms with Crippen molar-refractivity contribution in [1.29, 1.82) is 0 Å². The van der Waals surface area contributed by atoms with Gasteiger partial charge in [-0.05, 0) is 38.8 Å². The van der Waals surface area contributed by atoms with Gasteiger partial charge in [-0.2, -0.15) is 0 Å². The van der Waals surface area contributed by atoms with Crippen molar-refractivity contribution < 1.29 is 4.74 Å². The molecule has 2 rings (SSSR count). The standard InChI is InChI=1S/C18H36N4O.HI/c1-3-22-13-8-9-16(22)15-21-18(19-2)20-12-14-23-17-10-6-4-5-7-11-17;/h16-17H,3-15H2,1-2H3,(H2,19,20,21);1H. The van der Waals surface area contributed by atoms with Crippen LogP contribution in [0, 0.1) is 0 Å². The second-order valence-electron chi connectivity index (χ2n) is 6.79. The van der Waals surface area contributed by atoms with Crippen molar-refractivity contribution in [3.63, 3.8) is 0 Å². The van der Waals surface area contributed by atoms with E-state index in [9.17, 15) is 0 Å². The number of rotatable bonds is 7. The smallest absolute Gasteiger partial charge is 0.191 e. The molecule has 5 nitrogen and oxygen atoms in total. The number of hydrogen-bond donors (Lipinski definition) is 2. The minimum absolute atomic E-state index is 0. The van der Waals surface area contributed by atoms with Gasteiger partial charge in [-0.25, -0.2) is 0 Å². The van der Waals surface area contributed by atoms with Crippen molar-refractivity contribution in [2.45, 2.75) is 70.4 Å². The molecule has 1 heterocycles. The highest BCUT2D eigenvalue weighted by Crippen LogP contribution is 2.19. The van der Waals surface area contributed by atoms with Crippen LogP contribution >= 0.6 is 24.0 Å². The molecule has 1 atom stereocenters. The third-order valence-corrected chi connectivity index (χ3v) is 5.18. The van der Waals surface area contributed by atoms with Gasteiger partial charge in [-0.1, -0.05) is 32.6 Å². The average molecular weight is 452 g/mol. The Labute approximate surface area is 165 Å². The zero-order valence-electron chi connectivity index (χ0n) is 15.6. The zero-order valence-corrected chi connectivity index (χ0v) is 17.9. The van der Waals surface area contributed by atoms with Crippen LogP contribution in [0.3, 0.4) is 0 Å². The minimum Gasteiger partial charge on any atom is -0.376 e. The van der Waals surface area contributed by atoms with Crippen LogP contribution in [-0.2, 0) is 4.74 Å². The lowest BCUT2D eigenvalue weighted by molar-refractivity contribution is 0.0468. The molecule has 0 bridgehead atoms. The number of nitrogens with zero attached hydrogens (tertiary/aromatic N) is 2. The van der Waals surface area contributed by atoms with Gasteiger partial charge in [0.1, 0.15) is 0 Å². The zero-order chi connectivity index (χ0) is 16.3. The summed E-state index contributed by atoms with van der Waals surface area (Å²) in [6.45, 7) is 7.22. The second-order valence-corrected chi connectivity index (χ2v) is 6.79. The normalized spacial score (nSPS) is 23.6. The predicted octanol–water partition coefficient (Wildman–Crippen LogP) is 2.99. The van der Waals surface area contributed by atoms with E-state index in [-0.39, 0.29) is 24.0 Å². The number of guanidine groups is 1. The third-order valence-electron chi connectivity index (χ3n) is 5.18. The molecule has 1 aliphatic heterocycles. The Balaban J connectivity index is 0.00000288. The first kappa shape index (κ1) is 22.0. The van der Waals surface area contributed by atoms with Gasteiger partial charge in [0.2, 0.25) is 0 Å². The lowest BCUT2D eigenvalue weighted by atomic mass is 10.1. The third kappa shape index (κ3) is 7.87. The van der Waals surface area contributed by atoms with Gasteiger partial charge in [0, 0.05) is 26.2 Å². The molecule has 6 heteroatoms. The van der Waals surface area contributed by atoms with E-state index in [1.165, 1.54) is 57.9 Å². The Morgan fingerprint density at radius 2 is 1.83 bits per heavy atom. The van der Waals surface area contributed by atoms with Crippen LogP contribution in [-0.4, -0.2) is 62.8 Å². The van der Waals surface area contributed by atoms with Crippen molar-refractivity contribution in [1.82, 2.24) is 15.5 Å². The van der Waals surface area contributed by atoms with Gasteiger partial charge in [0.25, 0.3) is 0 Å². The topological polar surface area (TPSA) is 48.9 Å². The largest absolute Gasteiger partial charge is 0.376 e. The second kappa shape index (κ2) is 13.2. The van der Waals surface area contributed by atoms with Gasteiger partial charge in [-0.3, -0.25) is 9.89 Å². The van der Waals surface area contributed by atoms with E-state index in [0.29, 0.717) is 12.1 Å². The number of likely N-dealkylation sites (tertiary alicyclic amines) is 1. The molecule has 0 aromatic rings. The maximum atomic E-state index is 6.02. The minimum atomic E-state index is 0. The molecule has 0 spiro atoms. The van der Waals surface area contributed by atoms with Gasteiger partial charge in [-0.15, -0.1) is 24.0 Å². The summed E-state index contributed by atoms with van der Waals surface area (Å²) in [5.74, 6) is 0.900. The summed E-state index contributed by atoms with van der Waals surface area (Å²) in [7, 11) is 1.84. The Morgan fingerprint density at radius 3 is 2.50 bits per heavy atom. The van der Waals surface area contributed by atoms with Crippen LogP contribution in [0.2, 0.25) is 0 Å². The summed E-state index contributed by atoms with van der Waals surface area (Å²) in [4.78, 5) is 6.87. The monoisotopic (exact) mass is 452 g/mol. The summed E-state index contributed by atoms with van der Waals surface area (Å²) in [6.07, 6.45) is 11.0. The van der Waals surface area contributed by atoms with Crippen LogP contribution in [0.1, 0.15) is 58.3 Å². The first-order valence-electron chi connectivity index (χ1n) is 9.63. The molecular weight excluding hydrogens is 415 g/mol. The molecule has 1 unspecified atom stereocenters. The number of hydrogen-bond acceptors (Lipinski definition) is 3. The summed E-state index contributed by atoms with van der Waals surface area (Å²) in [5.41, 5.74) is 0. The fraction of sp³-hybridized carbons (Fsp3) is 0.944. The summed E-state index contributed by atoms with van der Waals surface area (Å²) >= 11 is 0. The molecule has 1 saturated heterocycles. The van der Waals surface area contributed by atoms with E-state index in [1.807, 2.05) is 7.05 Å². The van der Waals surface area contributed by atoms with E-state index in [4.69, 9.17) is 4.74 Å². The van der Waals surface area contributed by atoms with Gasteiger partial charge in [0.05, 0.1) is 12.7 Å². The fourth-order valence-electron chi connectivity index (χ4n) is 3.78. The van der Waals surface area contributed by atoms with Crippen LogP contribution in [0.4, 0.5) is 0 Å². The summed E-state index contributed by atoms with van der Waals surface area (Å²) in [6, 6.07) is 0.654. The van der Waals surface area contributed by atoms with E-state index in [2.05, 4.69) is 27.4 Å². The van der Waals surface area contributed by atoms with E-state index >= 15 is 0 Å². The number of ether oxygens (including phenoxy) is 1. The van der Waals surface area contributed by atoms with Gasteiger partial charge in [0.15, 0.2) is 5.96 Å². The first-order chi connectivity index (χ1) is 11.3. The Bertz CT molecular complexity index is 346. The summed E-state index contributed by atoms with van der Waals surface area (Å²) in [5, 5.41) is 6.84. The molecule has 2 aliphatic rings. The highest BCUT2D eigenvalue weighted by molar-refractivity contribution is 14.0. The molecule has 24 heavy (non-hydrogen) atoms. The average Bonchev–Trinajstić information content (AvgIpc) is 2.88. The molecule has 142 valence electrons. The van der Waals surface area contributed by atoms with E-state index in [1.54, 1.807) is 0 Å². The highest BCUT2D eigenvalue weighted by atomic mass is 127. The quantitative estimate of drug-likeness (QED) is 0.205. The lowest BCUT2D eigenvalue weighted by Crippen LogP contribution is -2.45. The van der Waals surface area contributed by atoms with Crippen LogP contribution in [0.5, 0.6) is 0 Å². The Hall–Kier alpha value is -0.0800. The van der Waals surface area contributed by atoms with Crippen LogP contribution < -0.4 is 10.6 Å². The number of halogens is 1. The Morgan fingerprint density at radius 1 is 1.08 bits per heavy atom. The molecule has 1 aliphatic carbocycles. The molecule has 0 radical (unpaired) electrons. The molecule has 0 aromatic heterocycles. The van der Waals surface area contributed by atoms with Crippen molar-refractivity contribution in [2.75, 3.05) is 39.8 Å². The number of nitrogens with one attached hydrogen (secondary N) is 2. The maximum Gasteiger partial charge on any atom is 0.191 e. The number of likely N-dealkylation sites (N-methyl/N-ethyl adjacent to an activating group) is 1. The molecule has 2 N–H and O–H groups in total.